The van der Waals surface area contributed by atoms with Crippen LogP contribution in [0.25, 0.3) is 5.69 Å². The lowest BCUT2D eigenvalue weighted by Crippen LogP contribution is -2.25. The molecule has 0 amide bonds. The van der Waals surface area contributed by atoms with Gasteiger partial charge in [0, 0.05) is 44.8 Å². The second-order valence-corrected chi connectivity index (χ2v) is 7.23. The minimum absolute atomic E-state index is 0.0182. The summed E-state index contributed by atoms with van der Waals surface area (Å²) in [6, 6.07) is 13.4. The van der Waals surface area contributed by atoms with Crippen LogP contribution in [-0.2, 0) is 13.0 Å². The molecule has 0 saturated heterocycles. The summed E-state index contributed by atoms with van der Waals surface area (Å²) in [6.07, 6.45) is 1.03. The van der Waals surface area contributed by atoms with E-state index in [4.69, 9.17) is 14.5 Å². The summed E-state index contributed by atoms with van der Waals surface area (Å²) >= 11 is 0. The molecule has 3 aromatic rings. The Morgan fingerprint density at radius 3 is 2.45 bits per heavy atom. The number of benzene rings is 2. The number of nitrogens with one attached hydrogen (secondary N) is 1. The van der Waals surface area contributed by atoms with Gasteiger partial charge in [0.25, 0.3) is 5.56 Å². The Morgan fingerprint density at radius 2 is 1.84 bits per heavy atom. The fraction of sp³-hybridized carbons (Fsp3) is 0.304. The Kier molecular flexibility index (Phi) is 5.81. The summed E-state index contributed by atoms with van der Waals surface area (Å²) < 4.78 is 14.3. The Hall–Kier alpha value is -3.52. The van der Waals surface area contributed by atoms with Gasteiger partial charge in [-0.2, -0.15) is 0 Å². The van der Waals surface area contributed by atoms with Gasteiger partial charge in [-0.3, -0.25) is 9.79 Å². The van der Waals surface area contributed by atoms with Crippen molar-refractivity contribution in [3.63, 3.8) is 0 Å². The summed E-state index contributed by atoms with van der Waals surface area (Å²) in [5.41, 5.74) is 3.78. The van der Waals surface area contributed by atoms with Crippen molar-refractivity contribution < 1.29 is 14.6 Å². The Morgan fingerprint density at radius 1 is 1.13 bits per heavy atom. The van der Waals surface area contributed by atoms with Crippen molar-refractivity contribution in [2.24, 2.45) is 4.99 Å². The first-order valence-corrected chi connectivity index (χ1v) is 10.1. The normalized spacial score (nSPS) is 12.5. The molecule has 0 atom stereocenters. The lowest BCUT2D eigenvalue weighted by molar-refractivity contribution is 0.274. The molecule has 8 nitrogen and oxygen atoms in total. The van der Waals surface area contributed by atoms with Crippen LogP contribution < -0.4 is 20.3 Å². The van der Waals surface area contributed by atoms with E-state index < -0.39 is 0 Å². The van der Waals surface area contributed by atoms with E-state index in [9.17, 15) is 9.90 Å². The number of anilines is 1. The lowest BCUT2D eigenvalue weighted by atomic mass is 10.1. The topological polar surface area (TPSA) is 90.0 Å². The van der Waals surface area contributed by atoms with Crippen LogP contribution in [0.2, 0.25) is 0 Å². The average molecular weight is 422 g/mol. The third kappa shape index (κ3) is 3.70. The highest BCUT2D eigenvalue weighted by Gasteiger charge is 2.27. The molecule has 0 radical (unpaired) electrons. The van der Waals surface area contributed by atoms with E-state index in [1.54, 1.807) is 32.0 Å². The van der Waals surface area contributed by atoms with Crippen LogP contribution in [0.3, 0.4) is 0 Å². The van der Waals surface area contributed by atoms with E-state index in [1.807, 2.05) is 41.1 Å². The molecule has 0 saturated carbocycles. The highest BCUT2D eigenvalue weighted by molar-refractivity contribution is 6.09. The predicted molar refractivity (Wildman–Crippen MR) is 121 cm³/mol. The van der Waals surface area contributed by atoms with Gasteiger partial charge in [-0.1, -0.05) is 18.2 Å². The number of nitrogens with zero attached hydrogens (tertiary/aromatic N) is 3. The van der Waals surface area contributed by atoms with Gasteiger partial charge in [-0.15, -0.1) is 0 Å². The van der Waals surface area contributed by atoms with E-state index in [0.29, 0.717) is 48.0 Å². The molecule has 2 heterocycles. The van der Waals surface area contributed by atoms with E-state index in [-0.39, 0.29) is 12.2 Å². The summed E-state index contributed by atoms with van der Waals surface area (Å²) in [7, 11) is 4.95. The number of aliphatic hydroxyl groups excluding tert-OH is 1. The van der Waals surface area contributed by atoms with Crippen LogP contribution in [0.4, 0.5) is 11.5 Å². The molecule has 0 spiro atoms. The third-order valence-corrected chi connectivity index (χ3v) is 5.38. The molecule has 8 heteroatoms. The first-order valence-electron chi connectivity index (χ1n) is 10.1. The van der Waals surface area contributed by atoms with Crippen molar-refractivity contribution in [2.75, 3.05) is 33.2 Å². The molecule has 162 valence electrons. The molecule has 4 rings (SSSR count). The fourth-order valence-corrected chi connectivity index (χ4v) is 3.92. The van der Waals surface area contributed by atoms with Gasteiger partial charge in [-0.25, -0.2) is 9.36 Å². The number of hydrogen-bond donors (Lipinski definition) is 2. The summed E-state index contributed by atoms with van der Waals surface area (Å²) in [5, 5.41) is 12.6. The number of rotatable bonds is 8. The first-order chi connectivity index (χ1) is 15.1. The largest absolute Gasteiger partial charge is 0.497 e. The summed E-state index contributed by atoms with van der Waals surface area (Å²) in [6.45, 7) is 0.333. The minimum atomic E-state index is -0.161. The monoisotopic (exact) mass is 422 g/mol. The summed E-state index contributed by atoms with van der Waals surface area (Å²) in [4.78, 5) is 18.3. The van der Waals surface area contributed by atoms with Crippen molar-refractivity contribution >= 4 is 17.2 Å². The van der Waals surface area contributed by atoms with Gasteiger partial charge < -0.3 is 19.9 Å². The SMILES string of the molecule is CNc1c(C2=Nc3ccccc3C2)c(=O)n(CCCO)n1-c1cc(OC)cc(OC)c1. The van der Waals surface area contributed by atoms with Crippen LogP contribution in [0.15, 0.2) is 52.3 Å². The van der Waals surface area contributed by atoms with E-state index in [0.717, 1.165) is 17.0 Å². The number of aromatic nitrogens is 2. The van der Waals surface area contributed by atoms with Crippen LogP contribution in [0.1, 0.15) is 17.5 Å². The van der Waals surface area contributed by atoms with E-state index >= 15 is 0 Å². The molecule has 31 heavy (non-hydrogen) atoms. The van der Waals surface area contributed by atoms with Crippen molar-refractivity contribution in [3.8, 4) is 17.2 Å². The number of para-hydroxylation sites is 1. The molecule has 0 aliphatic carbocycles. The third-order valence-electron chi connectivity index (χ3n) is 5.38. The molecule has 2 N–H and O–H groups in total. The number of hydrogen-bond acceptors (Lipinski definition) is 6. The Balaban J connectivity index is 1.94. The average Bonchev–Trinajstić information content (AvgIpc) is 3.35. The molecule has 1 aliphatic heterocycles. The molecular formula is C23H26N4O4. The highest BCUT2D eigenvalue weighted by atomic mass is 16.5. The number of methoxy groups -OCH3 is 2. The van der Waals surface area contributed by atoms with E-state index in [1.165, 1.54) is 0 Å². The molecule has 1 aliphatic rings. The second kappa shape index (κ2) is 8.69. The van der Waals surface area contributed by atoms with Crippen LogP contribution in [0, 0.1) is 0 Å². The van der Waals surface area contributed by atoms with Crippen LogP contribution in [-0.4, -0.2) is 48.1 Å². The van der Waals surface area contributed by atoms with Crippen molar-refractivity contribution in [1.29, 1.82) is 0 Å². The predicted octanol–water partition coefficient (Wildman–Crippen LogP) is 2.76. The van der Waals surface area contributed by atoms with E-state index in [2.05, 4.69) is 5.32 Å². The lowest BCUT2D eigenvalue weighted by Gasteiger charge is -2.16. The highest BCUT2D eigenvalue weighted by Crippen LogP contribution is 2.32. The second-order valence-electron chi connectivity index (χ2n) is 7.23. The van der Waals surface area contributed by atoms with Gasteiger partial charge in [0.1, 0.15) is 22.9 Å². The number of ether oxygens (including phenoxy) is 2. The molecule has 1 aromatic heterocycles. The van der Waals surface area contributed by atoms with Gasteiger partial charge in [0.2, 0.25) is 0 Å². The Labute approximate surface area is 180 Å². The molecule has 0 fully saturated rings. The zero-order chi connectivity index (χ0) is 22.0. The fourth-order valence-electron chi connectivity index (χ4n) is 3.92. The van der Waals surface area contributed by atoms with Crippen LogP contribution >= 0.6 is 0 Å². The van der Waals surface area contributed by atoms with Gasteiger partial charge in [0.05, 0.1) is 31.3 Å². The van der Waals surface area contributed by atoms with Gasteiger partial charge in [0.15, 0.2) is 0 Å². The van der Waals surface area contributed by atoms with Gasteiger partial charge in [-0.05, 0) is 18.1 Å². The number of fused-ring (bicyclic) bond motifs is 1. The standard InChI is InChI=1S/C23H26N4O4/c1-24-22-21(20-11-15-7-4-5-8-19(15)25-20)23(29)26(9-6-10-28)27(22)16-12-17(30-2)14-18(13-16)31-3/h4-5,7-8,12-14,24,28H,6,9-11H2,1-3H3. The van der Waals surface area contributed by atoms with Crippen molar-refractivity contribution in [2.45, 2.75) is 19.4 Å². The maximum absolute atomic E-state index is 13.6. The minimum Gasteiger partial charge on any atom is -0.497 e. The smallest absolute Gasteiger partial charge is 0.278 e. The molecule has 0 unspecified atom stereocenters. The number of aliphatic imine (C=N–C) groups is 1. The van der Waals surface area contributed by atoms with Crippen LogP contribution in [0.5, 0.6) is 11.5 Å². The molecule has 0 bridgehead atoms. The number of aliphatic hydroxyl groups is 1. The summed E-state index contributed by atoms with van der Waals surface area (Å²) in [5.74, 6) is 1.85. The molecule has 2 aromatic carbocycles. The Bertz CT molecular complexity index is 1170. The zero-order valence-corrected chi connectivity index (χ0v) is 17.9. The molecular weight excluding hydrogens is 396 g/mol. The maximum Gasteiger partial charge on any atom is 0.278 e. The first kappa shape index (κ1) is 20.7. The quantitative estimate of drug-likeness (QED) is 0.583. The van der Waals surface area contributed by atoms with Crippen molar-refractivity contribution in [1.82, 2.24) is 9.36 Å². The zero-order valence-electron chi connectivity index (χ0n) is 17.9. The van der Waals surface area contributed by atoms with Crippen molar-refractivity contribution in [3.05, 3.63) is 63.9 Å². The maximum atomic E-state index is 13.6. The van der Waals surface area contributed by atoms with Gasteiger partial charge >= 0.3 is 0 Å².